The molecule has 4 rings (SSSR count). The van der Waals surface area contributed by atoms with Crippen LogP contribution in [0.1, 0.15) is 42.9 Å². The lowest BCUT2D eigenvalue weighted by molar-refractivity contribution is 0.717. The Labute approximate surface area is 178 Å². The molecule has 4 aromatic rings. The third-order valence-corrected chi connectivity index (χ3v) is 5.71. The molecule has 3 aromatic carbocycles. The fraction of sp³-hybridized carbons (Fsp3) is 0.250. The van der Waals surface area contributed by atoms with E-state index in [1.807, 2.05) is 28.8 Å². The highest BCUT2D eigenvalue weighted by Gasteiger charge is 2.13. The Hall–Kier alpha value is -3.13. The summed E-state index contributed by atoms with van der Waals surface area (Å²) in [6.07, 6.45) is 4.82. The molecule has 0 fully saturated rings. The van der Waals surface area contributed by atoms with E-state index in [0.29, 0.717) is 0 Å². The Morgan fingerprint density at radius 3 is 2.20 bits per heavy atom. The largest absolute Gasteiger partial charge is 0.276 e. The topological polar surface area (TPSA) is 22.0 Å². The Bertz CT molecular complexity index is 1210. The first kappa shape index (κ1) is 20.2. The minimum atomic E-state index is 0.0279. The molecule has 0 spiro atoms. The van der Waals surface area contributed by atoms with Crippen LogP contribution in [-0.4, -0.2) is 4.57 Å². The Kier molecular flexibility index (Phi) is 5.85. The molecule has 152 valence electrons. The van der Waals surface area contributed by atoms with Gasteiger partial charge in [-0.25, -0.2) is 0 Å². The molecule has 1 heterocycles. The number of hydrogen-bond acceptors (Lipinski definition) is 1. The zero-order valence-electron chi connectivity index (χ0n) is 18.1. The zero-order chi connectivity index (χ0) is 21.1. The summed E-state index contributed by atoms with van der Waals surface area (Å²) >= 11 is 0. The summed E-state index contributed by atoms with van der Waals surface area (Å²) in [4.78, 5) is 13.5. The van der Waals surface area contributed by atoms with Crippen molar-refractivity contribution in [1.82, 2.24) is 4.57 Å². The van der Waals surface area contributed by atoms with Gasteiger partial charge in [-0.2, -0.15) is 0 Å². The van der Waals surface area contributed by atoms with Gasteiger partial charge in [0.05, 0.1) is 5.69 Å². The van der Waals surface area contributed by atoms with Gasteiger partial charge < -0.3 is 0 Å². The van der Waals surface area contributed by atoms with Crippen molar-refractivity contribution >= 4 is 10.8 Å². The van der Waals surface area contributed by atoms with Crippen molar-refractivity contribution in [1.29, 1.82) is 0 Å². The number of aryl methyl sites for hydroxylation is 3. The number of rotatable bonds is 6. The van der Waals surface area contributed by atoms with Crippen molar-refractivity contribution in [2.45, 2.75) is 46.5 Å². The second kappa shape index (κ2) is 8.71. The van der Waals surface area contributed by atoms with E-state index >= 15 is 0 Å². The zero-order valence-corrected chi connectivity index (χ0v) is 18.1. The first-order valence-corrected chi connectivity index (χ1v) is 10.9. The normalized spacial score (nSPS) is 11.2. The van der Waals surface area contributed by atoms with E-state index in [1.54, 1.807) is 0 Å². The molecular formula is C28H29NO. The van der Waals surface area contributed by atoms with Crippen LogP contribution in [0.15, 0.2) is 77.6 Å². The highest BCUT2D eigenvalue weighted by Crippen LogP contribution is 2.27. The highest BCUT2D eigenvalue weighted by atomic mass is 16.1. The molecule has 2 heteroatoms. The van der Waals surface area contributed by atoms with Gasteiger partial charge in [0.15, 0.2) is 0 Å². The number of hydrogen-bond donors (Lipinski definition) is 0. The van der Waals surface area contributed by atoms with Crippen LogP contribution in [0.25, 0.3) is 27.7 Å². The summed E-state index contributed by atoms with van der Waals surface area (Å²) in [5, 5.41) is 1.72. The second-order valence-electron chi connectivity index (χ2n) is 8.26. The minimum Gasteiger partial charge on any atom is -0.276 e. The van der Waals surface area contributed by atoms with Crippen LogP contribution in [0.5, 0.6) is 0 Å². The lowest BCUT2D eigenvalue weighted by Gasteiger charge is -2.16. The SMILES string of the molecule is CCCCCc1ccc(-c2cc3ccccc3c(=O)n2-c2cc(C)cc(C)c2)cc1. The number of fused-ring (bicyclic) bond motifs is 1. The number of pyridine rings is 1. The van der Waals surface area contributed by atoms with Crippen molar-refractivity contribution in [2.24, 2.45) is 0 Å². The predicted octanol–water partition coefficient (Wildman–Crippen LogP) is 7.01. The summed E-state index contributed by atoms with van der Waals surface area (Å²) in [7, 11) is 0. The molecule has 0 saturated carbocycles. The maximum Gasteiger partial charge on any atom is 0.263 e. The molecule has 2 nitrogen and oxygen atoms in total. The molecule has 0 aliphatic rings. The van der Waals surface area contributed by atoms with E-state index < -0.39 is 0 Å². The third-order valence-electron chi connectivity index (χ3n) is 5.71. The Morgan fingerprint density at radius 1 is 0.800 bits per heavy atom. The molecule has 1 aromatic heterocycles. The van der Waals surface area contributed by atoms with Gasteiger partial charge in [0.25, 0.3) is 5.56 Å². The average Bonchev–Trinajstić information content (AvgIpc) is 2.74. The van der Waals surface area contributed by atoms with E-state index in [-0.39, 0.29) is 5.56 Å². The van der Waals surface area contributed by atoms with E-state index in [0.717, 1.165) is 45.3 Å². The van der Waals surface area contributed by atoms with Gasteiger partial charge >= 0.3 is 0 Å². The number of unbranched alkanes of at least 4 members (excludes halogenated alkanes) is 2. The van der Waals surface area contributed by atoms with Crippen LogP contribution in [-0.2, 0) is 6.42 Å². The van der Waals surface area contributed by atoms with Crippen molar-refractivity contribution in [3.05, 3.63) is 99.8 Å². The van der Waals surface area contributed by atoms with Gasteiger partial charge in [-0.05, 0) is 78.6 Å². The molecule has 0 N–H and O–H groups in total. The smallest absolute Gasteiger partial charge is 0.263 e. The van der Waals surface area contributed by atoms with E-state index in [2.05, 4.69) is 69.3 Å². The lowest BCUT2D eigenvalue weighted by Crippen LogP contribution is -2.20. The van der Waals surface area contributed by atoms with Crippen LogP contribution < -0.4 is 5.56 Å². The van der Waals surface area contributed by atoms with Crippen molar-refractivity contribution in [2.75, 3.05) is 0 Å². The second-order valence-corrected chi connectivity index (χ2v) is 8.26. The molecule has 0 saturated heterocycles. The molecule has 0 aliphatic heterocycles. The van der Waals surface area contributed by atoms with Crippen LogP contribution in [0.2, 0.25) is 0 Å². The fourth-order valence-electron chi connectivity index (χ4n) is 4.23. The summed E-state index contributed by atoms with van der Waals surface area (Å²) in [5.74, 6) is 0. The molecule has 0 atom stereocenters. The molecular weight excluding hydrogens is 366 g/mol. The van der Waals surface area contributed by atoms with Crippen LogP contribution in [0.4, 0.5) is 0 Å². The monoisotopic (exact) mass is 395 g/mol. The predicted molar refractivity (Wildman–Crippen MR) is 128 cm³/mol. The number of nitrogens with zero attached hydrogens (tertiary/aromatic N) is 1. The Morgan fingerprint density at radius 2 is 1.50 bits per heavy atom. The first-order valence-electron chi connectivity index (χ1n) is 10.9. The van der Waals surface area contributed by atoms with Crippen molar-refractivity contribution in [3.63, 3.8) is 0 Å². The summed E-state index contributed by atoms with van der Waals surface area (Å²) in [6, 6.07) is 25.0. The van der Waals surface area contributed by atoms with Gasteiger partial charge in [0.2, 0.25) is 0 Å². The molecule has 0 unspecified atom stereocenters. The first-order chi connectivity index (χ1) is 14.6. The van der Waals surface area contributed by atoms with E-state index in [9.17, 15) is 4.79 Å². The third kappa shape index (κ3) is 4.09. The van der Waals surface area contributed by atoms with E-state index in [4.69, 9.17) is 0 Å². The number of aromatic nitrogens is 1. The maximum absolute atomic E-state index is 13.5. The van der Waals surface area contributed by atoms with Gasteiger partial charge in [-0.3, -0.25) is 9.36 Å². The summed E-state index contributed by atoms with van der Waals surface area (Å²) in [5.41, 5.74) is 6.61. The lowest BCUT2D eigenvalue weighted by atomic mass is 10.0. The van der Waals surface area contributed by atoms with E-state index in [1.165, 1.54) is 24.8 Å². The van der Waals surface area contributed by atoms with Crippen molar-refractivity contribution in [3.8, 4) is 16.9 Å². The van der Waals surface area contributed by atoms with Crippen LogP contribution in [0.3, 0.4) is 0 Å². The van der Waals surface area contributed by atoms with Crippen LogP contribution >= 0.6 is 0 Å². The fourth-order valence-corrected chi connectivity index (χ4v) is 4.23. The van der Waals surface area contributed by atoms with Gasteiger partial charge in [-0.15, -0.1) is 0 Å². The van der Waals surface area contributed by atoms with Crippen molar-refractivity contribution < 1.29 is 0 Å². The Balaban J connectivity index is 1.89. The molecule has 0 radical (unpaired) electrons. The van der Waals surface area contributed by atoms with Gasteiger partial charge in [0, 0.05) is 11.1 Å². The molecule has 30 heavy (non-hydrogen) atoms. The highest BCUT2D eigenvalue weighted by molar-refractivity contribution is 5.86. The van der Waals surface area contributed by atoms with Gasteiger partial charge in [-0.1, -0.05) is 68.3 Å². The standard InChI is InChI=1S/C28H29NO/c1-4-5-6-9-22-12-14-23(15-13-22)27-19-24-10-7-8-11-26(24)28(30)29(27)25-17-20(2)16-21(3)18-25/h7-8,10-19H,4-6,9H2,1-3H3. The number of benzene rings is 3. The summed E-state index contributed by atoms with van der Waals surface area (Å²) < 4.78 is 1.87. The molecule has 0 aliphatic carbocycles. The average molecular weight is 396 g/mol. The van der Waals surface area contributed by atoms with Gasteiger partial charge in [0.1, 0.15) is 0 Å². The van der Waals surface area contributed by atoms with Crippen LogP contribution in [0, 0.1) is 13.8 Å². The minimum absolute atomic E-state index is 0.0279. The summed E-state index contributed by atoms with van der Waals surface area (Å²) in [6.45, 7) is 6.38. The molecule has 0 bridgehead atoms. The quantitative estimate of drug-likeness (QED) is 0.322. The molecule has 0 amide bonds. The maximum atomic E-state index is 13.5.